The maximum atomic E-state index is 12.5. The van der Waals surface area contributed by atoms with Crippen LogP contribution in [0.3, 0.4) is 0 Å². The molecule has 0 saturated heterocycles. The van der Waals surface area contributed by atoms with E-state index in [4.69, 9.17) is 0 Å². The first-order chi connectivity index (χ1) is 12.3. The molecule has 1 amide bonds. The number of benzene rings is 1. The zero-order chi connectivity index (χ0) is 18.7. The van der Waals surface area contributed by atoms with Crippen LogP contribution in [0.5, 0.6) is 0 Å². The van der Waals surface area contributed by atoms with Crippen LogP contribution in [-0.2, 0) is 21.1 Å². The molecule has 2 N–H and O–H groups in total. The van der Waals surface area contributed by atoms with Crippen molar-refractivity contribution >= 4 is 15.7 Å². The van der Waals surface area contributed by atoms with E-state index in [-0.39, 0.29) is 35.3 Å². The second kappa shape index (κ2) is 7.55. The van der Waals surface area contributed by atoms with Crippen LogP contribution in [0.1, 0.15) is 30.1 Å². The molecule has 1 aromatic carbocycles. The van der Waals surface area contributed by atoms with Crippen LogP contribution in [0.25, 0.3) is 0 Å². The number of nitrogens with one attached hydrogen (secondary N) is 1. The molecule has 0 aliphatic heterocycles. The van der Waals surface area contributed by atoms with Gasteiger partial charge in [-0.25, -0.2) is 8.42 Å². The van der Waals surface area contributed by atoms with E-state index in [1.54, 1.807) is 18.3 Å². The number of aliphatic hydroxyl groups excluding tert-OH is 1. The predicted molar refractivity (Wildman–Crippen MR) is 97.1 cm³/mol. The van der Waals surface area contributed by atoms with Crippen molar-refractivity contribution in [3.05, 3.63) is 59.9 Å². The van der Waals surface area contributed by atoms with Gasteiger partial charge in [0.25, 0.3) is 0 Å². The highest BCUT2D eigenvalue weighted by Gasteiger charge is 2.36. The normalized spacial score (nSPS) is 20.8. The Morgan fingerprint density at radius 1 is 1.23 bits per heavy atom. The highest BCUT2D eigenvalue weighted by molar-refractivity contribution is 7.90. The molecule has 138 valence electrons. The van der Waals surface area contributed by atoms with Crippen LogP contribution in [0.2, 0.25) is 0 Å². The standard InChI is InChI=1S/C19H22N2O4S/c1-26(24,25)16-7-5-13(6-8-16)10-18(23)21-19(14-11-15(22)12-14)17-4-2-3-9-20-17/h2-9,14-15,19,22H,10-12H2,1H3,(H,21,23)/t14?,15?,19-/m0/s1. The van der Waals surface area contributed by atoms with Crippen molar-refractivity contribution in [1.82, 2.24) is 10.3 Å². The summed E-state index contributed by atoms with van der Waals surface area (Å²) in [5.41, 5.74) is 1.52. The van der Waals surface area contributed by atoms with E-state index >= 15 is 0 Å². The van der Waals surface area contributed by atoms with E-state index in [9.17, 15) is 18.3 Å². The minimum atomic E-state index is -3.25. The van der Waals surface area contributed by atoms with E-state index < -0.39 is 9.84 Å². The Labute approximate surface area is 153 Å². The minimum Gasteiger partial charge on any atom is -0.393 e. The number of rotatable bonds is 6. The van der Waals surface area contributed by atoms with Crippen LogP contribution in [0, 0.1) is 5.92 Å². The molecule has 1 aliphatic rings. The average molecular weight is 374 g/mol. The van der Waals surface area contributed by atoms with Crippen LogP contribution >= 0.6 is 0 Å². The SMILES string of the molecule is CS(=O)(=O)c1ccc(CC(=O)N[C@H](c2ccccn2)C2CC(O)C2)cc1. The fourth-order valence-corrected chi connectivity index (χ4v) is 3.79. The summed E-state index contributed by atoms with van der Waals surface area (Å²) in [6, 6.07) is 11.7. The zero-order valence-electron chi connectivity index (χ0n) is 14.5. The number of nitrogens with zero attached hydrogens (tertiary/aromatic N) is 1. The summed E-state index contributed by atoms with van der Waals surface area (Å²) in [4.78, 5) is 17.1. The van der Waals surface area contributed by atoms with Crippen LogP contribution in [-0.4, -0.2) is 36.8 Å². The Kier molecular flexibility index (Phi) is 5.38. The molecule has 0 spiro atoms. The number of hydrogen-bond acceptors (Lipinski definition) is 5. The van der Waals surface area contributed by atoms with Gasteiger partial charge in [0, 0.05) is 12.5 Å². The molecule has 1 saturated carbocycles. The average Bonchev–Trinajstić information content (AvgIpc) is 2.58. The zero-order valence-corrected chi connectivity index (χ0v) is 15.3. The molecule has 0 unspecified atom stereocenters. The van der Waals surface area contributed by atoms with Gasteiger partial charge >= 0.3 is 0 Å². The molecular formula is C19H22N2O4S. The lowest BCUT2D eigenvalue weighted by Gasteiger charge is -2.37. The Morgan fingerprint density at radius 2 is 1.92 bits per heavy atom. The van der Waals surface area contributed by atoms with Crippen molar-refractivity contribution in [3.8, 4) is 0 Å². The van der Waals surface area contributed by atoms with Gasteiger partial charge in [0.1, 0.15) is 0 Å². The maximum absolute atomic E-state index is 12.5. The molecule has 3 rings (SSSR count). The van der Waals surface area contributed by atoms with Crippen LogP contribution in [0.4, 0.5) is 0 Å². The Hall–Kier alpha value is -2.25. The number of aromatic nitrogens is 1. The topological polar surface area (TPSA) is 96.4 Å². The van der Waals surface area contributed by atoms with Crippen LogP contribution < -0.4 is 5.32 Å². The summed E-state index contributed by atoms with van der Waals surface area (Å²) in [5, 5.41) is 12.6. The smallest absolute Gasteiger partial charge is 0.224 e. The van der Waals surface area contributed by atoms with Gasteiger partial charge in [-0.15, -0.1) is 0 Å². The third-order valence-corrected chi connectivity index (χ3v) is 5.79. The molecular weight excluding hydrogens is 352 g/mol. The van der Waals surface area contributed by atoms with Gasteiger partial charge in [0.05, 0.1) is 29.2 Å². The van der Waals surface area contributed by atoms with Crippen molar-refractivity contribution in [2.75, 3.05) is 6.26 Å². The summed E-state index contributed by atoms with van der Waals surface area (Å²) in [5.74, 6) is 0.00519. The van der Waals surface area contributed by atoms with Gasteiger partial charge < -0.3 is 10.4 Å². The molecule has 1 aromatic heterocycles. The van der Waals surface area contributed by atoms with E-state index in [2.05, 4.69) is 10.3 Å². The number of sulfone groups is 1. The molecule has 0 bridgehead atoms. The first-order valence-corrected chi connectivity index (χ1v) is 10.4. The number of carbonyl (C=O) groups is 1. The number of pyridine rings is 1. The number of amides is 1. The lowest BCUT2D eigenvalue weighted by molar-refractivity contribution is -0.122. The predicted octanol–water partition coefficient (Wildman–Crippen LogP) is 1.66. The third-order valence-electron chi connectivity index (χ3n) is 4.66. The fourth-order valence-electron chi connectivity index (χ4n) is 3.16. The third kappa shape index (κ3) is 4.47. The first-order valence-electron chi connectivity index (χ1n) is 8.50. The van der Waals surface area contributed by atoms with Gasteiger partial charge in [0.2, 0.25) is 5.91 Å². The van der Waals surface area contributed by atoms with E-state index in [1.165, 1.54) is 12.1 Å². The highest BCUT2D eigenvalue weighted by atomic mass is 32.2. The Morgan fingerprint density at radius 3 is 2.46 bits per heavy atom. The van der Waals surface area contributed by atoms with Crippen molar-refractivity contribution in [2.24, 2.45) is 5.92 Å². The van der Waals surface area contributed by atoms with Gasteiger partial charge in [-0.1, -0.05) is 18.2 Å². The van der Waals surface area contributed by atoms with Gasteiger partial charge in [0.15, 0.2) is 9.84 Å². The molecule has 1 atom stereocenters. The molecule has 0 radical (unpaired) electrons. The largest absolute Gasteiger partial charge is 0.393 e. The summed E-state index contributed by atoms with van der Waals surface area (Å²) in [6.45, 7) is 0. The summed E-state index contributed by atoms with van der Waals surface area (Å²) >= 11 is 0. The van der Waals surface area contributed by atoms with Gasteiger partial charge in [-0.2, -0.15) is 0 Å². The molecule has 26 heavy (non-hydrogen) atoms. The molecule has 1 fully saturated rings. The highest BCUT2D eigenvalue weighted by Crippen LogP contribution is 2.37. The lowest BCUT2D eigenvalue weighted by Crippen LogP contribution is -2.42. The second-order valence-corrected chi connectivity index (χ2v) is 8.79. The number of aliphatic hydroxyl groups is 1. The minimum absolute atomic E-state index is 0.155. The van der Waals surface area contributed by atoms with Crippen LogP contribution in [0.15, 0.2) is 53.6 Å². The molecule has 2 aromatic rings. The molecule has 6 nitrogen and oxygen atoms in total. The Balaban J connectivity index is 1.68. The fraction of sp³-hybridized carbons (Fsp3) is 0.368. The Bertz CT molecular complexity index is 860. The monoisotopic (exact) mass is 374 g/mol. The quantitative estimate of drug-likeness (QED) is 0.802. The maximum Gasteiger partial charge on any atom is 0.224 e. The lowest BCUT2D eigenvalue weighted by atomic mass is 9.76. The van der Waals surface area contributed by atoms with Crippen molar-refractivity contribution in [1.29, 1.82) is 0 Å². The van der Waals surface area contributed by atoms with Crippen molar-refractivity contribution in [3.63, 3.8) is 0 Å². The molecule has 7 heteroatoms. The summed E-state index contributed by atoms with van der Waals surface area (Å²) < 4.78 is 23.0. The number of carbonyl (C=O) groups excluding carboxylic acids is 1. The summed E-state index contributed by atoms with van der Waals surface area (Å²) in [7, 11) is -3.25. The molecule has 1 aliphatic carbocycles. The van der Waals surface area contributed by atoms with E-state index in [0.717, 1.165) is 17.5 Å². The second-order valence-electron chi connectivity index (χ2n) is 6.78. The molecule has 1 heterocycles. The summed E-state index contributed by atoms with van der Waals surface area (Å²) in [6.07, 6.45) is 3.97. The first kappa shape index (κ1) is 18.5. The number of hydrogen-bond donors (Lipinski definition) is 2. The van der Waals surface area contributed by atoms with E-state index in [1.807, 2.05) is 18.2 Å². The van der Waals surface area contributed by atoms with E-state index in [0.29, 0.717) is 12.8 Å². The van der Waals surface area contributed by atoms with Gasteiger partial charge in [-0.05, 0) is 48.6 Å². The van der Waals surface area contributed by atoms with Crippen molar-refractivity contribution < 1.29 is 18.3 Å². The van der Waals surface area contributed by atoms with Gasteiger partial charge in [-0.3, -0.25) is 9.78 Å². The van der Waals surface area contributed by atoms with Crippen molar-refractivity contribution in [2.45, 2.75) is 36.3 Å².